The van der Waals surface area contributed by atoms with Gasteiger partial charge in [-0.15, -0.1) is 0 Å². The molecule has 6 heteroatoms. The highest BCUT2D eigenvalue weighted by Gasteiger charge is 2.43. The third-order valence-electron chi connectivity index (χ3n) is 4.80. The summed E-state index contributed by atoms with van der Waals surface area (Å²) in [6.45, 7) is 8.93. The minimum atomic E-state index is -0.502. The standard InChI is InChI=1S/C16H25ClN4O/c1-15(2)7-10(8-16(3,4)21(15)5)20-12-6-13(17)19-9-11(12)14(18)22/h6,9-10H,7-8H2,1-5H3,(H2,18,22)(H,19,20). The molecule has 0 saturated carbocycles. The summed E-state index contributed by atoms with van der Waals surface area (Å²) >= 11 is 5.96. The third-order valence-corrected chi connectivity index (χ3v) is 5.01. The topological polar surface area (TPSA) is 71.2 Å². The quantitative estimate of drug-likeness (QED) is 0.839. The monoisotopic (exact) mass is 324 g/mol. The van der Waals surface area contributed by atoms with Crippen LogP contribution in [-0.2, 0) is 0 Å². The Hall–Kier alpha value is -1.33. The number of hydrogen-bond acceptors (Lipinski definition) is 4. The number of amides is 1. The van der Waals surface area contributed by atoms with Crippen LogP contribution in [0.3, 0.4) is 0 Å². The lowest BCUT2D eigenvalue weighted by Gasteiger charge is -2.54. The number of aromatic nitrogens is 1. The zero-order valence-electron chi connectivity index (χ0n) is 13.9. The number of likely N-dealkylation sites (tertiary alicyclic amines) is 1. The fraction of sp³-hybridized carbons (Fsp3) is 0.625. The minimum Gasteiger partial charge on any atom is -0.381 e. The summed E-state index contributed by atoms with van der Waals surface area (Å²) in [5.41, 5.74) is 6.58. The first-order valence-electron chi connectivity index (χ1n) is 7.49. The molecule has 1 aromatic heterocycles. The number of carbonyl (C=O) groups is 1. The molecule has 0 aliphatic carbocycles. The van der Waals surface area contributed by atoms with Crippen LogP contribution in [0.4, 0.5) is 5.69 Å². The van der Waals surface area contributed by atoms with Crippen molar-refractivity contribution in [1.29, 1.82) is 0 Å². The van der Waals surface area contributed by atoms with Gasteiger partial charge in [-0.1, -0.05) is 11.6 Å². The van der Waals surface area contributed by atoms with Crippen LogP contribution in [0.1, 0.15) is 50.9 Å². The van der Waals surface area contributed by atoms with Gasteiger partial charge in [-0.25, -0.2) is 4.98 Å². The minimum absolute atomic E-state index is 0.0587. The van der Waals surface area contributed by atoms with Crippen LogP contribution < -0.4 is 11.1 Å². The lowest BCUT2D eigenvalue weighted by atomic mass is 9.77. The van der Waals surface area contributed by atoms with Gasteiger partial charge in [-0.05, 0) is 53.7 Å². The van der Waals surface area contributed by atoms with Crippen LogP contribution in [-0.4, -0.2) is 40.0 Å². The Labute approximate surface area is 137 Å². The van der Waals surface area contributed by atoms with Gasteiger partial charge in [0.25, 0.3) is 5.91 Å². The van der Waals surface area contributed by atoms with Crippen LogP contribution in [0, 0.1) is 0 Å². The molecule has 1 aromatic rings. The van der Waals surface area contributed by atoms with Gasteiger partial charge in [0.15, 0.2) is 0 Å². The second kappa shape index (κ2) is 5.70. The Kier molecular flexibility index (Phi) is 4.42. The van der Waals surface area contributed by atoms with Crippen molar-refractivity contribution in [3.8, 4) is 0 Å². The Bertz CT molecular complexity index is 568. The molecule has 1 amide bonds. The summed E-state index contributed by atoms with van der Waals surface area (Å²) in [6, 6.07) is 1.90. The normalized spacial score (nSPS) is 21.5. The molecule has 1 aliphatic heterocycles. The van der Waals surface area contributed by atoms with E-state index in [0.717, 1.165) is 12.8 Å². The summed E-state index contributed by atoms with van der Waals surface area (Å²) in [5, 5.41) is 3.80. The number of nitrogens with one attached hydrogen (secondary N) is 1. The number of halogens is 1. The largest absolute Gasteiger partial charge is 0.381 e. The first kappa shape index (κ1) is 17.0. The maximum atomic E-state index is 11.6. The molecule has 22 heavy (non-hydrogen) atoms. The van der Waals surface area contributed by atoms with E-state index in [0.29, 0.717) is 16.4 Å². The molecule has 0 atom stereocenters. The van der Waals surface area contributed by atoms with Gasteiger partial charge in [-0.3, -0.25) is 9.69 Å². The second-order valence-corrected chi connectivity index (χ2v) is 7.74. The van der Waals surface area contributed by atoms with Crippen molar-refractivity contribution in [3.63, 3.8) is 0 Å². The van der Waals surface area contributed by atoms with Gasteiger partial charge in [-0.2, -0.15) is 0 Å². The van der Waals surface area contributed by atoms with Crippen molar-refractivity contribution in [1.82, 2.24) is 9.88 Å². The van der Waals surface area contributed by atoms with Gasteiger partial charge in [0.05, 0.1) is 11.3 Å². The summed E-state index contributed by atoms with van der Waals surface area (Å²) in [5.74, 6) is -0.502. The highest BCUT2D eigenvalue weighted by molar-refractivity contribution is 6.29. The average Bonchev–Trinajstić information content (AvgIpc) is 2.34. The molecule has 1 fully saturated rings. The molecule has 0 aromatic carbocycles. The van der Waals surface area contributed by atoms with Gasteiger partial charge in [0, 0.05) is 23.3 Å². The predicted molar refractivity (Wildman–Crippen MR) is 90.3 cm³/mol. The first-order chi connectivity index (χ1) is 10.0. The van der Waals surface area contributed by atoms with Gasteiger partial charge >= 0.3 is 0 Å². The van der Waals surface area contributed by atoms with Crippen molar-refractivity contribution < 1.29 is 4.79 Å². The molecule has 1 aliphatic rings. The van der Waals surface area contributed by atoms with Crippen LogP contribution >= 0.6 is 11.6 Å². The summed E-state index contributed by atoms with van der Waals surface area (Å²) in [4.78, 5) is 17.9. The molecule has 0 bridgehead atoms. The lowest BCUT2D eigenvalue weighted by molar-refractivity contribution is -0.00767. The third kappa shape index (κ3) is 3.36. The van der Waals surface area contributed by atoms with Crippen LogP contribution in [0.2, 0.25) is 5.15 Å². The number of primary amides is 1. The van der Waals surface area contributed by atoms with Crippen LogP contribution in [0.25, 0.3) is 0 Å². The van der Waals surface area contributed by atoms with E-state index in [4.69, 9.17) is 17.3 Å². The summed E-state index contributed by atoms with van der Waals surface area (Å²) in [7, 11) is 2.16. The van der Waals surface area contributed by atoms with Gasteiger partial charge < -0.3 is 11.1 Å². The Morgan fingerprint density at radius 1 is 1.36 bits per heavy atom. The molecule has 2 heterocycles. The highest BCUT2D eigenvalue weighted by Crippen LogP contribution is 2.38. The second-order valence-electron chi connectivity index (χ2n) is 7.35. The number of nitrogens with zero attached hydrogens (tertiary/aromatic N) is 2. The molecule has 122 valence electrons. The molecule has 3 N–H and O–H groups in total. The molecule has 1 saturated heterocycles. The zero-order chi connectivity index (χ0) is 16.7. The fourth-order valence-corrected chi connectivity index (χ4v) is 3.60. The van der Waals surface area contributed by atoms with Crippen molar-refractivity contribution >= 4 is 23.2 Å². The molecule has 0 unspecified atom stereocenters. The SMILES string of the molecule is CN1C(C)(C)CC(Nc2cc(Cl)ncc2C(N)=O)CC1(C)C. The average molecular weight is 325 g/mol. The molecular weight excluding hydrogens is 300 g/mol. The molecule has 5 nitrogen and oxygen atoms in total. The van der Waals surface area contributed by atoms with Crippen molar-refractivity contribution in [3.05, 3.63) is 23.0 Å². The summed E-state index contributed by atoms with van der Waals surface area (Å²) in [6.07, 6.45) is 3.36. The molecule has 0 spiro atoms. The van der Waals surface area contributed by atoms with Crippen LogP contribution in [0.15, 0.2) is 12.3 Å². The number of piperidine rings is 1. The van der Waals surface area contributed by atoms with Crippen molar-refractivity contribution in [2.24, 2.45) is 5.73 Å². The lowest BCUT2D eigenvalue weighted by Crippen LogP contribution is -2.61. The number of rotatable bonds is 3. The maximum absolute atomic E-state index is 11.6. The Morgan fingerprint density at radius 2 is 1.91 bits per heavy atom. The van der Waals surface area contributed by atoms with E-state index in [-0.39, 0.29) is 17.1 Å². The van der Waals surface area contributed by atoms with Gasteiger partial charge in [0.1, 0.15) is 5.15 Å². The number of anilines is 1. The summed E-state index contributed by atoms with van der Waals surface area (Å²) < 4.78 is 0. The van der Waals surface area contributed by atoms with E-state index in [2.05, 4.69) is 49.9 Å². The Morgan fingerprint density at radius 3 is 2.41 bits per heavy atom. The smallest absolute Gasteiger partial charge is 0.252 e. The van der Waals surface area contributed by atoms with Crippen molar-refractivity contribution in [2.75, 3.05) is 12.4 Å². The number of carbonyl (C=O) groups excluding carboxylic acids is 1. The highest BCUT2D eigenvalue weighted by atomic mass is 35.5. The van der Waals surface area contributed by atoms with E-state index in [1.165, 1.54) is 6.20 Å². The van der Waals surface area contributed by atoms with Crippen LogP contribution in [0.5, 0.6) is 0 Å². The molecular formula is C16H25ClN4O. The van der Waals surface area contributed by atoms with Gasteiger partial charge in [0.2, 0.25) is 0 Å². The van der Waals surface area contributed by atoms with Crippen molar-refractivity contribution in [2.45, 2.75) is 57.7 Å². The van der Waals surface area contributed by atoms with E-state index in [1.54, 1.807) is 6.07 Å². The maximum Gasteiger partial charge on any atom is 0.252 e. The Balaban J connectivity index is 2.28. The molecule has 0 radical (unpaired) electrons. The number of nitrogens with two attached hydrogens (primary N) is 1. The molecule has 2 rings (SSSR count). The predicted octanol–water partition coefficient (Wildman–Crippen LogP) is 2.90. The van der Waals surface area contributed by atoms with E-state index >= 15 is 0 Å². The number of hydrogen-bond donors (Lipinski definition) is 2. The van der Waals surface area contributed by atoms with E-state index < -0.39 is 5.91 Å². The van der Waals surface area contributed by atoms with E-state index in [1.807, 2.05) is 0 Å². The number of pyridine rings is 1. The fourth-order valence-electron chi connectivity index (χ4n) is 3.44. The zero-order valence-corrected chi connectivity index (χ0v) is 14.7. The van der Waals surface area contributed by atoms with E-state index in [9.17, 15) is 4.79 Å². The first-order valence-corrected chi connectivity index (χ1v) is 7.86.